The Morgan fingerprint density at radius 2 is 0.985 bits per heavy atom. The molecule has 6 heteroatoms. The molecule has 10 aliphatic carbocycles. The molecule has 0 aliphatic heterocycles. The van der Waals surface area contributed by atoms with Crippen LogP contribution in [-0.4, -0.2) is 33.9 Å². The normalized spacial score (nSPS) is 30.0. The molecule has 0 radical (unpaired) electrons. The molecule has 1 N–H and O–H groups in total. The Morgan fingerprint density at radius 3 is 1.52 bits per heavy atom. The minimum atomic E-state index is -1.05. The van der Waals surface area contributed by atoms with Crippen molar-refractivity contribution < 1.29 is 19.5 Å². The smallest absolute Gasteiger partial charge is 0.210 e. The minimum Gasteiger partial charge on any atom is -0.382 e. The molecule has 4 aromatic carbocycles. The summed E-state index contributed by atoms with van der Waals surface area (Å²) >= 11 is 0. The van der Waals surface area contributed by atoms with E-state index in [-0.39, 0.29) is 56.9 Å². The Bertz CT molecular complexity index is 2940. The second kappa shape index (κ2) is 14.5. The number of carbonyl (C=O) groups excluding carboxylic acids is 3. The average molecular weight is 873 g/mol. The lowest BCUT2D eigenvalue weighted by atomic mass is 9.64. The summed E-state index contributed by atoms with van der Waals surface area (Å²) in [5.74, 6) is 0.716. The number of hydrogen-bond donors (Lipinski definition) is 1. The van der Waals surface area contributed by atoms with E-state index in [0.717, 1.165) is 99.2 Å². The highest BCUT2D eigenvalue weighted by molar-refractivity contribution is 6.70. The summed E-state index contributed by atoms with van der Waals surface area (Å²) in [6.45, 7) is 0. The van der Waals surface area contributed by atoms with Crippen molar-refractivity contribution in [2.24, 2.45) is 33.7 Å². The number of Topliss-reactive ketones (excluding diaryl/α,β-unsaturated/α-hetero) is 3. The molecular formula is C60H60N2O4. The van der Waals surface area contributed by atoms with E-state index in [1.165, 1.54) is 102 Å². The maximum atomic E-state index is 14.3. The van der Waals surface area contributed by atoms with Crippen molar-refractivity contribution in [2.45, 2.75) is 157 Å². The van der Waals surface area contributed by atoms with Crippen LogP contribution < -0.4 is 0 Å². The Kier molecular flexibility index (Phi) is 8.78. The van der Waals surface area contributed by atoms with Crippen molar-refractivity contribution in [1.29, 1.82) is 0 Å². The third-order valence-electron chi connectivity index (χ3n) is 19.6. The Hall–Kier alpha value is -5.07. The summed E-state index contributed by atoms with van der Waals surface area (Å²) in [7, 11) is 0. The fourth-order valence-corrected chi connectivity index (χ4v) is 16.4. The van der Waals surface area contributed by atoms with Gasteiger partial charge in [-0.2, -0.15) is 0 Å². The topological polar surface area (TPSA) is 96.2 Å². The SMILES string of the molecule is O=C1C(=NC2=Cc3cc4c(cc3C23CCCCC3)-c2cc3c(cc2C42CCCCC2)C=C(N=C2C(=O)C4CC5CCCCC5CC4C2=O)C32CCCCC2)C(O)c2cc3ccccc3cc21. The number of rotatable bonds is 2. The number of benzene rings is 4. The number of ketones is 3. The Balaban J connectivity index is 0.878. The van der Waals surface area contributed by atoms with E-state index in [0.29, 0.717) is 23.0 Å². The standard InChI is InChI=1S/C60H60N2O4/c63-54-42-24-34-14-4-5-15-35(34)25-43(42)55(64)52(54)61-50-30-38-28-48-40(32-46(38)59(50)20-10-2-11-21-59)41-33-47-39(29-49(41)58(48)18-8-1-9-19-58)31-51(60(47)22-12-3-13-23-60)62-53-56(65)44-26-36-16-6-7-17-37(36)27-45(44)57(53)66/h4-5,14-15,24-25,28-33,36-37,44-45,54,63H,1-3,6-13,16-23,26-27H2. The summed E-state index contributed by atoms with van der Waals surface area (Å²) in [6, 6.07) is 22.1. The molecule has 66 heavy (non-hydrogen) atoms. The number of nitrogens with zero attached hydrogens (tertiary/aromatic N) is 2. The number of aliphatic imine (C=N–C) groups is 2. The number of hydrogen-bond acceptors (Lipinski definition) is 6. The van der Waals surface area contributed by atoms with Gasteiger partial charge in [0.05, 0.1) is 11.4 Å². The number of aliphatic hydroxyl groups is 1. The van der Waals surface area contributed by atoms with Crippen LogP contribution in [0.3, 0.4) is 0 Å². The van der Waals surface area contributed by atoms with Crippen LogP contribution in [-0.2, 0) is 25.8 Å². The quantitative estimate of drug-likeness (QED) is 0.217. The molecule has 0 bridgehead atoms. The van der Waals surface area contributed by atoms with Gasteiger partial charge < -0.3 is 5.11 Å². The van der Waals surface area contributed by atoms with Gasteiger partial charge in [0.2, 0.25) is 5.78 Å². The van der Waals surface area contributed by atoms with Crippen LogP contribution in [0.1, 0.15) is 190 Å². The zero-order valence-electron chi connectivity index (χ0n) is 38.2. The predicted molar refractivity (Wildman–Crippen MR) is 261 cm³/mol. The van der Waals surface area contributed by atoms with Crippen molar-refractivity contribution in [1.82, 2.24) is 0 Å². The highest BCUT2D eigenvalue weighted by Crippen LogP contribution is 2.63. The molecule has 0 heterocycles. The van der Waals surface area contributed by atoms with Crippen molar-refractivity contribution in [3.05, 3.63) is 117 Å². The van der Waals surface area contributed by atoms with Crippen molar-refractivity contribution in [2.75, 3.05) is 0 Å². The fraction of sp³-hybridized carbons (Fsp3) is 0.483. The molecule has 4 aromatic rings. The second-order valence-corrected chi connectivity index (χ2v) is 22.7. The summed E-state index contributed by atoms with van der Waals surface area (Å²) in [6.07, 6.45) is 26.8. The van der Waals surface area contributed by atoms with E-state index in [1.54, 1.807) is 0 Å². The monoisotopic (exact) mass is 872 g/mol. The highest BCUT2D eigenvalue weighted by atomic mass is 16.3. The van der Waals surface area contributed by atoms with Crippen LogP contribution in [0, 0.1) is 23.7 Å². The van der Waals surface area contributed by atoms with Gasteiger partial charge in [0.15, 0.2) is 11.6 Å². The first-order chi connectivity index (χ1) is 32.3. The number of aliphatic hydroxyl groups excluding tert-OH is 1. The second-order valence-electron chi connectivity index (χ2n) is 22.7. The maximum Gasteiger partial charge on any atom is 0.210 e. The maximum absolute atomic E-state index is 14.3. The van der Waals surface area contributed by atoms with Crippen LogP contribution >= 0.6 is 0 Å². The number of fused-ring (bicyclic) bond motifs is 13. The zero-order chi connectivity index (χ0) is 44.1. The zero-order valence-corrected chi connectivity index (χ0v) is 38.2. The van der Waals surface area contributed by atoms with Gasteiger partial charge in [-0.1, -0.05) is 108 Å². The van der Waals surface area contributed by atoms with Crippen molar-refractivity contribution in [3.63, 3.8) is 0 Å². The van der Waals surface area contributed by atoms with Crippen LogP contribution in [0.4, 0.5) is 0 Å². The molecule has 0 aromatic heterocycles. The van der Waals surface area contributed by atoms with Crippen LogP contribution in [0.2, 0.25) is 0 Å². The molecule has 6 fully saturated rings. The van der Waals surface area contributed by atoms with Crippen molar-refractivity contribution >= 4 is 51.7 Å². The molecule has 0 saturated heterocycles. The first kappa shape index (κ1) is 40.0. The predicted octanol–water partition coefficient (Wildman–Crippen LogP) is 13.0. The summed E-state index contributed by atoms with van der Waals surface area (Å²) < 4.78 is 0. The summed E-state index contributed by atoms with van der Waals surface area (Å²) in [5.41, 5.74) is 13.7. The highest BCUT2D eigenvalue weighted by Gasteiger charge is 2.55. The first-order valence-electron chi connectivity index (χ1n) is 26.1. The van der Waals surface area contributed by atoms with Crippen LogP contribution in [0.25, 0.3) is 34.1 Å². The van der Waals surface area contributed by atoms with Crippen molar-refractivity contribution in [3.8, 4) is 11.1 Å². The minimum absolute atomic E-state index is 0.0305. The van der Waals surface area contributed by atoms with Crippen LogP contribution in [0.15, 0.2) is 82.0 Å². The Labute approximate surface area is 388 Å². The van der Waals surface area contributed by atoms with Gasteiger partial charge in [0.1, 0.15) is 17.5 Å². The third kappa shape index (κ3) is 5.42. The third-order valence-corrected chi connectivity index (χ3v) is 19.6. The largest absolute Gasteiger partial charge is 0.382 e. The van der Waals surface area contributed by atoms with E-state index in [9.17, 15) is 19.5 Å². The molecule has 14 rings (SSSR count). The lowest BCUT2D eigenvalue weighted by molar-refractivity contribution is -0.123. The van der Waals surface area contributed by atoms with E-state index in [2.05, 4.69) is 36.4 Å². The number of allylic oxidation sites excluding steroid dienone is 2. The van der Waals surface area contributed by atoms with E-state index in [4.69, 9.17) is 9.98 Å². The number of carbonyl (C=O) groups is 3. The molecule has 5 atom stereocenters. The molecule has 10 aliphatic rings. The van der Waals surface area contributed by atoms with Gasteiger partial charge in [-0.05, 0) is 173 Å². The average Bonchev–Trinajstić information content (AvgIpc) is 4.03. The Morgan fingerprint density at radius 1 is 0.500 bits per heavy atom. The molecule has 3 spiro atoms. The molecule has 5 unspecified atom stereocenters. The summed E-state index contributed by atoms with van der Waals surface area (Å²) in [5, 5.41) is 13.8. The van der Waals surface area contributed by atoms with E-state index < -0.39 is 6.10 Å². The molecule has 334 valence electrons. The van der Waals surface area contributed by atoms with Gasteiger partial charge in [-0.25, -0.2) is 9.98 Å². The lowest BCUT2D eigenvalue weighted by Crippen LogP contribution is -2.35. The summed E-state index contributed by atoms with van der Waals surface area (Å²) in [4.78, 5) is 53.5. The molecule has 6 saturated carbocycles. The van der Waals surface area contributed by atoms with E-state index in [1.807, 2.05) is 36.4 Å². The van der Waals surface area contributed by atoms with Gasteiger partial charge >= 0.3 is 0 Å². The lowest BCUT2D eigenvalue weighted by Gasteiger charge is -2.39. The molecule has 0 amide bonds. The van der Waals surface area contributed by atoms with Gasteiger partial charge in [-0.3, -0.25) is 14.4 Å². The van der Waals surface area contributed by atoms with Gasteiger partial charge in [0, 0.05) is 33.6 Å². The molecule has 6 nitrogen and oxygen atoms in total. The molecular weight excluding hydrogens is 813 g/mol. The van der Waals surface area contributed by atoms with Crippen LogP contribution in [0.5, 0.6) is 0 Å². The van der Waals surface area contributed by atoms with E-state index >= 15 is 0 Å². The first-order valence-corrected chi connectivity index (χ1v) is 26.1. The van der Waals surface area contributed by atoms with Gasteiger partial charge in [0.25, 0.3) is 0 Å². The fourth-order valence-electron chi connectivity index (χ4n) is 16.4. The van der Waals surface area contributed by atoms with Gasteiger partial charge in [-0.15, -0.1) is 0 Å².